The zero-order valence-corrected chi connectivity index (χ0v) is 16.8. The maximum atomic E-state index is 13.3. The molecule has 0 atom stereocenters. The summed E-state index contributed by atoms with van der Waals surface area (Å²) in [5.74, 6) is 0.154. The largest absolute Gasteiger partial charge is 0.321 e. The van der Waals surface area contributed by atoms with Gasteiger partial charge in [-0.25, -0.2) is 4.98 Å². The summed E-state index contributed by atoms with van der Waals surface area (Å²) in [5, 5.41) is 3.94. The van der Waals surface area contributed by atoms with Crippen LogP contribution in [-0.2, 0) is 4.79 Å². The first-order valence-electron chi connectivity index (χ1n) is 9.43. The maximum Gasteiger partial charge on any atom is 0.266 e. The van der Waals surface area contributed by atoms with E-state index < -0.39 is 0 Å². The van der Waals surface area contributed by atoms with E-state index in [9.17, 15) is 9.59 Å². The number of fused-ring (bicyclic) bond motifs is 2. The van der Waals surface area contributed by atoms with Crippen LogP contribution >= 0.6 is 11.6 Å². The number of halogens is 1. The first-order chi connectivity index (χ1) is 14.5. The first-order valence-corrected chi connectivity index (χ1v) is 9.81. The van der Waals surface area contributed by atoms with Gasteiger partial charge in [0, 0.05) is 16.3 Å². The quantitative estimate of drug-likeness (QED) is 0.478. The van der Waals surface area contributed by atoms with Gasteiger partial charge in [-0.3, -0.25) is 14.2 Å². The van der Waals surface area contributed by atoms with Crippen molar-refractivity contribution in [3.63, 3.8) is 0 Å². The number of carbonyl (C=O) groups is 1. The standard InChI is InChI=1S/C24H16ClN3O2/c1-14-6-11-21-18(12-14)19(23(29)27-21)13-22-26-20-5-3-2-4-17(20)24(30)28(22)16-9-7-15(25)8-10-16/h2-13H,1H3,(H,27,29). The Morgan fingerprint density at radius 1 is 1.00 bits per heavy atom. The number of hydrogen-bond acceptors (Lipinski definition) is 3. The van der Waals surface area contributed by atoms with Crippen molar-refractivity contribution < 1.29 is 4.79 Å². The number of carbonyl (C=O) groups excluding carboxylic acids is 1. The molecule has 0 saturated heterocycles. The highest BCUT2D eigenvalue weighted by atomic mass is 35.5. The van der Waals surface area contributed by atoms with Gasteiger partial charge < -0.3 is 5.32 Å². The number of nitrogens with one attached hydrogen (secondary N) is 1. The smallest absolute Gasteiger partial charge is 0.266 e. The van der Waals surface area contributed by atoms with Crippen molar-refractivity contribution in [1.29, 1.82) is 0 Å². The molecular formula is C24H16ClN3O2. The lowest BCUT2D eigenvalue weighted by molar-refractivity contribution is -0.110. The summed E-state index contributed by atoms with van der Waals surface area (Å²) in [5.41, 5.74) is 4.04. The highest BCUT2D eigenvalue weighted by Crippen LogP contribution is 2.33. The minimum absolute atomic E-state index is 0.211. The Balaban J connectivity index is 1.81. The summed E-state index contributed by atoms with van der Waals surface area (Å²) < 4.78 is 1.51. The SMILES string of the molecule is Cc1ccc2c(c1)C(=Cc1nc3ccccc3c(=O)n1-c1ccc(Cl)cc1)C(=O)N2. The maximum absolute atomic E-state index is 13.3. The lowest BCUT2D eigenvalue weighted by atomic mass is 10.0. The molecule has 1 amide bonds. The predicted octanol–water partition coefficient (Wildman–Crippen LogP) is 4.84. The Hall–Kier alpha value is -3.70. The first kappa shape index (κ1) is 18.3. The molecule has 0 unspecified atom stereocenters. The summed E-state index contributed by atoms with van der Waals surface area (Å²) in [4.78, 5) is 30.7. The van der Waals surface area contributed by atoms with Gasteiger partial charge in [0.25, 0.3) is 11.5 Å². The Kier molecular flexibility index (Phi) is 4.26. The molecule has 6 heteroatoms. The van der Waals surface area contributed by atoms with Crippen LogP contribution in [0.25, 0.3) is 28.2 Å². The zero-order valence-electron chi connectivity index (χ0n) is 16.0. The predicted molar refractivity (Wildman–Crippen MR) is 120 cm³/mol. The Labute approximate surface area is 177 Å². The molecule has 1 aromatic heterocycles. The number of anilines is 1. The molecule has 30 heavy (non-hydrogen) atoms. The van der Waals surface area contributed by atoms with Gasteiger partial charge in [-0.15, -0.1) is 0 Å². The van der Waals surface area contributed by atoms with Crippen molar-refractivity contribution in [3.8, 4) is 5.69 Å². The topological polar surface area (TPSA) is 64.0 Å². The fourth-order valence-electron chi connectivity index (χ4n) is 3.66. The van der Waals surface area contributed by atoms with E-state index in [0.717, 1.165) is 16.8 Å². The summed E-state index contributed by atoms with van der Waals surface area (Å²) in [6, 6.07) is 19.9. The van der Waals surface area contributed by atoms with Crippen LogP contribution in [0.15, 0.2) is 71.5 Å². The Morgan fingerprint density at radius 3 is 2.57 bits per heavy atom. The average Bonchev–Trinajstić information content (AvgIpc) is 3.04. The summed E-state index contributed by atoms with van der Waals surface area (Å²) >= 11 is 6.03. The monoisotopic (exact) mass is 413 g/mol. The van der Waals surface area contributed by atoms with Crippen LogP contribution in [0.5, 0.6) is 0 Å². The second-order valence-corrected chi connectivity index (χ2v) is 7.60. The van der Waals surface area contributed by atoms with Crippen LogP contribution in [-0.4, -0.2) is 15.5 Å². The van der Waals surface area contributed by atoms with E-state index in [1.165, 1.54) is 4.57 Å². The fraction of sp³-hybridized carbons (Fsp3) is 0.0417. The molecule has 146 valence electrons. The Morgan fingerprint density at radius 2 is 1.77 bits per heavy atom. The van der Waals surface area contributed by atoms with E-state index in [4.69, 9.17) is 16.6 Å². The number of para-hydroxylation sites is 1. The van der Waals surface area contributed by atoms with Gasteiger partial charge in [0.15, 0.2) is 0 Å². The zero-order chi connectivity index (χ0) is 20.8. The molecule has 0 bridgehead atoms. The van der Waals surface area contributed by atoms with Crippen LogP contribution in [0.2, 0.25) is 5.02 Å². The second-order valence-electron chi connectivity index (χ2n) is 7.17. The summed E-state index contributed by atoms with van der Waals surface area (Å²) in [7, 11) is 0. The highest BCUT2D eigenvalue weighted by molar-refractivity contribution is 6.34. The van der Waals surface area contributed by atoms with Crippen molar-refractivity contribution in [2.75, 3.05) is 5.32 Å². The molecule has 0 spiro atoms. The molecule has 0 aliphatic carbocycles. The molecule has 0 radical (unpaired) electrons. The highest BCUT2D eigenvalue weighted by Gasteiger charge is 2.25. The van der Waals surface area contributed by atoms with E-state index in [1.807, 2.05) is 31.2 Å². The average molecular weight is 414 g/mol. The van der Waals surface area contributed by atoms with Crippen molar-refractivity contribution in [1.82, 2.24) is 9.55 Å². The third kappa shape index (κ3) is 3.00. The summed E-state index contributed by atoms with van der Waals surface area (Å²) in [6.07, 6.45) is 1.67. The van der Waals surface area contributed by atoms with Crippen molar-refractivity contribution in [3.05, 3.63) is 99.1 Å². The number of amides is 1. The van der Waals surface area contributed by atoms with E-state index in [2.05, 4.69) is 5.32 Å². The van der Waals surface area contributed by atoms with E-state index in [1.54, 1.807) is 48.5 Å². The van der Waals surface area contributed by atoms with Crippen molar-refractivity contribution in [2.45, 2.75) is 6.92 Å². The van der Waals surface area contributed by atoms with E-state index in [-0.39, 0.29) is 11.5 Å². The molecule has 1 aliphatic rings. The van der Waals surface area contributed by atoms with Crippen LogP contribution in [0.3, 0.4) is 0 Å². The molecule has 0 saturated carbocycles. The minimum atomic E-state index is -0.222. The number of nitrogens with zero attached hydrogens (tertiary/aromatic N) is 2. The number of hydrogen-bond donors (Lipinski definition) is 1. The lowest BCUT2D eigenvalue weighted by Gasteiger charge is -2.12. The van der Waals surface area contributed by atoms with Crippen LogP contribution in [0.4, 0.5) is 5.69 Å². The number of aromatic nitrogens is 2. The van der Waals surface area contributed by atoms with Gasteiger partial charge >= 0.3 is 0 Å². The van der Waals surface area contributed by atoms with Crippen LogP contribution in [0.1, 0.15) is 17.0 Å². The molecular weight excluding hydrogens is 398 g/mol. The lowest BCUT2D eigenvalue weighted by Crippen LogP contribution is -2.22. The van der Waals surface area contributed by atoms with Gasteiger partial charge in [0.1, 0.15) is 5.82 Å². The molecule has 1 N–H and O–H groups in total. The minimum Gasteiger partial charge on any atom is -0.321 e. The second kappa shape index (κ2) is 6.97. The normalized spacial score (nSPS) is 14.2. The number of aryl methyl sites for hydroxylation is 1. The summed E-state index contributed by atoms with van der Waals surface area (Å²) in [6.45, 7) is 1.97. The van der Waals surface area contributed by atoms with Crippen molar-refractivity contribution >= 4 is 45.7 Å². The molecule has 5 nitrogen and oxygen atoms in total. The molecule has 1 aliphatic heterocycles. The van der Waals surface area contributed by atoms with Gasteiger partial charge in [-0.2, -0.15) is 0 Å². The molecule has 0 fully saturated rings. The van der Waals surface area contributed by atoms with Crippen LogP contribution in [0, 0.1) is 6.92 Å². The number of benzene rings is 3. The number of rotatable bonds is 2. The Bertz CT molecular complexity index is 1420. The molecule has 4 aromatic rings. The van der Waals surface area contributed by atoms with Gasteiger partial charge in [0.2, 0.25) is 0 Å². The van der Waals surface area contributed by atoms with Gasteiger partial charge in [-0.05, 0) is 61.5 Å². The van der Waals surface area contributed by atoms with Crippen molar-refractivity contribution in [2.24, 2.45) is 0 Å². The molecule has 2 heterocycles. The van der Waals surface area contributed by atoms with E-state index >= 15 is 0 Å². The molecule has 3 aromatic carbocycles. The van der Waals surface area contributed by atoms with Gasteiger partial charge in [-0.1, -0.05) is 35.4 Å². The van der Waals surface area contributed by atoms with Crippen LogP contribution < -0.4 is 10.9 Å². The van der Waals surface area contributed by atoms with E-state index in [0.29, 0.717) is 33.0 Å². The third-order valence-corrected chi connectivity index (χ3v) is 5.37. The fourth-order valence-corrected chi connectivity index (χ4v) is 3.79. The van der Waals surface area contributed by atoms with Gasteiger partial charge in [0.05, 0.1) is 22.2 Å². The molecule has 5 rings (SSSR count). The third-order valence-electron chi connectivity index (χ3n) is 5.12.